The van der Waals surface area contributed by atoms with E-state index in [1.807, 2.05) is 30.8 Å². The van der Waals surface area contributed by atoms with Crippen LogP contribution in [0.15, 0.2) is 24.5 Å². The maximum Gasteiger partial charge on any atom is 0.142 e. The molecule has 1 unspecified atom stereocenters. The van der Waals surface area contributed by atoms with Crippen LogP contribution in [-0.4, -0.2) is 14.7 Å². The first kappa shape index (κ1) is 11.9. The first-order valence-corrected chi connectivity index (χ1v) is 5.73. The van der Waals surface area contributed by atoms with Gasteiger partial charge >= 0.3 is 0 Å². The average Bonchev–Trinajstić information content (AvgIpc) is 2.69. The van der Waals surface area contributed by atoms with Crippen LogP contribution < -0.4 is 0 Å². The van der Waals surface area contributed by atoms with E-state index in [2.05, 4.69) is 24.9 Å². The highest BCUT2D eigenvalue weighted by Crippen LogP contribution is 2.25. The van der Waals surface area contributed by atoms with Crippen LogP contribution in [0.4, 0.5) is 0 Å². The van der Waals surface area contributed by atoms with Crippen molar-refractivity contribution >= 4 is 0 Å². The Labute approximate surface area is 102 Å². The van der Waals surface area contributed by atoms with Gasteiger partial charge in [-0.15, -0.1) is 0 Å². The normalized spacial score (nSPS) is 12.8. The van der Waals surface area contributed by atoms with E-state index < -0.39 is 6.10 Å². The van der Waals surface area contributed by atoms with Crippen molar-refractivity contribution in [1.82, 2.24) is 9.55 Å². The lowest BCUT2D eigenvalue weighted by Gasteiger charge is -2.15. The fraction of sp³-hybridized carbons (Fsp3) is 0.357. The molecule has 2 rings (SSSR count). The summed E-state index contributed by atoms with van der Waals surface area (Å²) in [5, 5.41) is 10.4. The zero-order valence-corrected chi connectivity index (χ0v) is 10.7. The Morgan fingerprint density at radius 3 is 2.35 bits per heavy atom. The molecule has 0 saturated heterocycles. The number of hydrogen-bond acceptors (Lipinski definition) is 2. The Bertz CT molecular complexity index is 543. The van der Waals surface area contributed by atoms with Crippen molar-refractivity contribution in [3.63, 3.8) is 0 Å². The number of aliphatic hydroxyl groups excluding tert-OH is 1. The lowest BCUT2D eigenvalue weighted by molar-refractivity contribution is 0.205. The van der Waals surface area contributed by atoms with Gasteiger partial charge in [-0.1, -0.05) is 12.1 Å². The van der Waals surface area contributed by atoms with E-state index in [9.17, 15) is 5.11 Å². The van der Waals surface area contributed by atoms with Crippen molar-refractivity contribution < 1.29 is 5.11 Å². The van der Waals surface area contributed by atoms with Gasteiger partial charge in [-0.2, -0.15) is 0 Å². The van der Waals surface area contributed by atoms with Gasteiger partial charge in [-0.25, -0.2) is 4.98 Å². The molecule has 1 aromatic heterocycles. The van der Waals surface area contributed by atoms with Gasteiger partial charge in [0.05, 0.1) is 0 Å². The predicted molar refractivity (Wildman–Crippen MR) is 67.9 cm³/mol. The van der Waals surface area contributed by atoms with Crippen LogP contribution in [0.2, 0.25) is 0 Å². The van der Waals surface area contributed by atoms with Crippen molar-refractivity contribution in [3.8, 4) is 0 Å². The smallest absolute Gasteiger partial charge is 0.142 e. The maximum absolute atomic E-state index is 10.4. The predicted octanol–water partition coefficient (Wildman–Crippen LogP) is 2.43. The van der Waals surface area contributed by atoms with E-state index in [4.69, 9.17) is 0 Å². The van der Waals surface area contributed by atoms with Gasteiger partial charge in [0.2, 0.25) is 0 Å². The van der Waals surface area contributed by atoms with Gasteiger partial charge < -0.3 is 9.67 Å². The van der Waals surface area contributed by atoms with Gasteiger partial charge in [0.25, 0.3) is 0 Å². The quantitative estimate of drug-likeness (QED) is 0.860. The zero-order valence-electron chi connectivity index (χ0n) is 10.7. The van der Waals surface area contributed by atoms with Crippen LogP contribution in [0.1, 0.15) is 34.2 Å². The van der Waals surface area contributed by atoms with Gasteiger partial charge in [-0.05, 0) is 43.0 Å². The van der Waals surface area contributed by atoms with Crippen LogP contribution in [0, 0.1) is 20.8 Å². The minimum absolute atomic E-state index is 0.658. The lowest BCUT2D eigenvalue weighted by Crippen LogP contribution is -2.09. The molecule has 0 bridgehead atoms. The minimum Gasteiger partial charge on any atom is -0.380 e. The standard InChI is InChI=1S/C14H18N2O/c1-9-7-11(3)12(8-10(9)2)13(17)14-15-5-6-16(14)4/h5-8,13,17H,1-4H3. The van der Waals surface area contributed by atoms with E-state index in [1.54, 1.807) is 6.20 Å². The highest BCUT2D eigenvalue weighted by molar-refractivity contribution is 5.39. The molecule has 3 heteroatoms. The number of aryl methyl sites for hydroxylation is 4. The van der Waals surface area contributed by atoms with Crippen LogP contribution in [0.3, 0.4) is 0 Å². The Kier molecular flexibility index (Phi) is 3.03. The molecule has 0 amide bonds. The molecule has 0 saturated carbocycles. The fourth-order valence-corrected chi connectivity index (χ4v) is 2.06. The number of aliphatic hydroxyl groups is 1. The van der Waals surface area contributed by atoms with E-state index >= 15 is 0 Å². The molecule has 0 radical (unpaired) electrons. The molecule has 0 aliphatic rings. The SMILES string of the molecule is Cc1cc(C)c(C(O)c2nccn2C)cc1C. The summed E-state index contributed by atoms with van der Waals surface area (Å²) in [5.41, 5.74) is 4.48. The molecular formula is C14H18N2O. The third kappa shape index (κ3) is 2.11. The van der Waals surface area contributed by atoms with Crippen molar-refractivity contribution in [2.45, 2.75) is 26.9 Å². The van der Waals surface area contributed by atoms with Crippen molar-refractivity contribution in [1.29, 1.82) is 0 Å². The largest absolute Gasteiger partial charge is 0.380 e. The van der Waals surface area contributed by atoms with Crippen molar-refractivity contribution in [2.75, 3.05) is 0 Å². The summed E-state index contributed by atoms with van der Waals surface area (Å²) in [7, 11) is 1.89. The number of nitrogens with zero attached hydrogens (tertiary/aromatic N) is 2. The molecule has 1 atom stereocenters. The third-order valence-electron chi connectivity index (χ3n) is 3.28. The Hall–Kier alpha value is -1.61. The molecule has 0 aliphatic heterocycles. The second-order valence-corrected chi connectivity index (χ2v) is 4.59. The Morgan fingerprint density at radius 1 is 1.12 bits per heavy atom. The molecule has 0 fully saturated rings. The molecule has 0 aliphatic carbocycles. The van der Waals surface area contributed by atoms with Crippen LogP contribution in [0.5, 0.6) is 0 Å². The van der Waals surface area contributed by atoms with Gasteiger partial charge in [0.1, 0.15) is 11.9 Å². The fourth-order valence-electron chi connectivity index (χ4n) is 2.06. The number of benzene rings is 1. The molecule has 17 heavy (non-hydrogen) atoms. The number of hydrogen-bond donors (Lipinski definition) is 1. The van der Waals surface area contributed by atoms with Gasteiger partial charge in [0.15, 0.2) is 0 Å². The highest BCUT2D eigenvalue weighted by atomic mass is 16.3. The summed E-state index contributed by atoms with van der Waals surface area (Å²) in [4.78, 5) is 4.20. The topological polar surface area (TPSA) is 38.1 Å². The molecule has 1 heterocycles. The molecule has 1 aromatic carbocycles. The third-order valence-corrected chi connectivity index (χ3v) is 3.28. The van der Waals surface area contributed by atoms with Crippen molar-refractivity contribution in [2.24, 2.45) is 7.05 Å². The molecule has 1 N–H and O–H groups in total. The average molecular weight is 230 g/mol. The summed E-state index contributed by atoms with van der Waals surface area (Å²) in [6.45, 7) is 6.16. The molecular weight excluding hydrogens is 212 g/mol. The van der Waals surface area contributed by atoms with E-state index in [-0.39, 0.29) is 0 Å². The molecule has 2 aromatic rings. The molecule has 3 nitrogen and oxygen atoms in total. The highest BCUT2D eigenvalue weighted by Gasteiger charge is 2.17. The second-order valence-electron chi connectivity index (χ2n) is 4.59. The van der Waals surface area contributed by atoms with Crippen molar-refractivity contribution in [3.05, 3.63) is 52.6 Å². The van der Waals surface area contributed by atoms with Crippen LogP contribution >= 0.6 is 0 Å². The second kappa shape index (κ2) is 4.34. The zero-order chi connectivity index (χ0) is 12.6. The monoisotopic (exact) mass is 230 g/mol. The Morgan fingerprint density at radius 2 is 1.76 bits per heavy atom. The first-order valence-electron chi connectivity index (χ1n) is 5.73. The Balaban J connectivity index is 2.48. The van der Waals surface area contributed by atoms with E-state index in [0.29, 0.717) is 5.82 Å². The summed E-state index contributed by atoms with van der Waals surface area (Å²) in [6, 6.07) is 4.15. The lowest BCUT2D eigenvalue weighted by atomic mass is 9.97. The molecule has 90 valence electrons. The molecule has 0 spiro atoms. The van der Waals surface area contributed by atoms with Gasteiger partial charge in [0, 0.05) is 19.4 Å². The summed E-state index contributed by atoms with van der Waals surface area (Å²) in [6.07, 6.45) is 2.89. The summed E-state index contributed by atoms with van der Waals surface area (Å²) < 4.78 is 1.85. The van der Waals surface area contributed by atoms with E-state index in [1.165, 1.54) is 11.1 Å². The minimum atomic E-state index is -0.658. The summed E-state index contributed by atoms with van der Waals surface area (Å²) >= 11 is 0. The number of imidazole rings is 1. The van der Waals surface area contributed by atoms with Crippen LogP contribution in [-0.2, 0) is 7.05 Å². The van der Waals surface area contributed by atoms with E-state index in [0.717, 1.165) is 11.1 Å². The first-order chi connectivity index (χ1) is 8.00. The summed E-state index contributed by atoms with van der Waals surface area (Å²) in [5.74, 6) is 0.677. The number of rotatable bonds is 2. The maximum atomic E-state index is 10.4. The van der Waals surface area contributed by atoms with Gasteiger partial charge in [-0.3, -0.25) is 0 Å². The number of aromatic nitrogens is 2. The van der Waals surface area contributed by atoms with Crippen LogP contribution in [0.25, 0.3) is 0 Å².